The average molecular weight is 621 g/mol. The van der Waals surface area contributed by atoms with Crippen molar-refractivity contribution >= 4 is 33.8 Å². The van der Waals surface area contributed by atoms with E-state index in [1.54, 1.807) is 5.32 Å². The number of alkyl halides is 9. The molecule has 0 fully saturated rings. The number of allylic oxidation sites excluding steroid dienone is 1. The van der Waals surface area contributed by atoms with Gasteiger partial charge in [-0.05, 0) is 58.2 Å². The van der Waals surface area contributed by atoms with Gasteiger partial charge >= 0.3 is 18.7 Å². The van der Waals surface area contributed by atoms with Crippen molar-refractivity contribution in [1.82, 2.24) is 10.6 Å². The Morgan fingerprint density at radius 2 is 1.66 bits per heavy atom. The highest BCUT2D eigenvalue weighted by molar-refractivity contribution is 9.10. The fourth-order valence-electron chi connectivity index (χ4n) is 3.02. The zero-order chi connectivity index (χ0) is 28.9. The maximum Gasteiger partial charge on any atom is 0.573 e. The molecule has 0 aliphatic carbocycles. The summed E-state index contributed by atoms with van der Waals surface area (Å²) in [6.45, 7) is -0.435. The molecule has 2 aromatic rings. The SMILES string of the molecule is CC(NC(=O)c1ccc(C=CC(c2cccc(OC(F)(F)F)c2)C(F)(F)F)cc1Br)C(=O)NCC(F)(F)F. The third-order valence-electron chi connectivity index (χ3n) is 4.73. The number of hydrogen-bond acceptors (Lipinski definition) is 3. The number of rotatable bonds is 8. The molecule has 0 radical (unpaired) electrons. The van der Waals surface area contributed by atoms with Crippen LogP contribution in [0.15, 0.2) is 53.0 Å². The maximum absolute atomic E-state index is 13.7. The molecule has 2 aromatic carbocycles. The molecule has 0 spiro atoms. The molecule has 38 heavy (non-hydrogen) atoms. The summed E-state index contributed by atoms with van der Waals surface area (Å²) in [5.74, 6) is -5.06. The summed E-state index contributed by atoms with van der Waals surface area (Å²) in [6.07, 6.45) is -12.9. The van der Waals surface area contributed by atoms with E-state index in [-0.39, 0.29) is 15.6 Å². The molecule has 0 bridgehead atoms. The van der Waals surface area contributed by atoms with E-state index >= 15 is 0 Å². The van der Waals surface area contributed by atoms with Crippen LogP contribution in [0.25, 0.3) is 6.08 Å². The lowest BCUT2D eigenvalue weighted by Gasteiger charge is -2.18. The highest BCUT2D eigenvalue weighted by Gasteiger charge is 2.39. The summed E-state index contributed by atoms with van der Waals surface area (Å²) in [6, 6.07) is 5.82. The molecular weight excluding hydrogens is 603 g/mol. The van der Waals surface area contributed by atoms with Gasteiger partial charge < -0.3 is 15.4 Å². The normalized spacial score (nSPS) is 14.2. The summed E-state index contributed by atoms with van der Waals surface area (Å²) in [5, 5.41) is 3.81. The number of ether oxygens (including phenoxy) is 1. The third-order valence-corrected chi connectivity index (χ3v) is 5.38. The van der Waals surface area contributed by atoms with Gasteiger partial charge in [-0.2, -0.15) is 26.3 Å². The van der Waals surface area contributed by atoms with Crippen LogP contribution >= 0.6 is 15.9 Å². The predicted octanol–water partition coefficient (Wildman–Crippen LogP) is 6.50. The van der Waals surface area contributed by atoms with Crippen molar-refractivity contribution in [2.24, 2.45) is 0 Å². The van der Waals surface area contributed by atoms with E-state index in [1.165, 1.54) is 18.2 Å². The number of hydrogen-bond donors (Lipinski definition) is 2. The van der Waals surface area contributed by atoms with Gasteiger partial charge in [-0.3, -0.25) is 9.59 Å². The first-order valence-electron chi connectivity index (χ1n) is 10.4. The molecule has 0 saturated carbocycles. The van der Waals surface area contributed by atoms with E-state index in [9.17, 15) is 49.1 Å². The van der Waals surface area contributed by atoms with Crippen molar-refractivity contribution < 1.29 is 53.8 Å². The fraction of sp³-hybridized carbons (Fsp3) is 0.304. The predicted molar refractivity (Wildman–Crippen MR) is 121 cm³/mol. The Balaban J connectivity index is 2.18. The number of benzene rings is 2. The van der Waals surface area contributed by atoms with Gasteiger partial charge in [0.2, 0.25) is 5.91 Å². The number of amides is 2. The lowest BCUT2D eigenvalue weighted by Crippen LogP contribution is -2.47. The summed E-state index contributed by atoms with van der Waals surface area (Å²) in [4.78, 5) is 24.1. The van der Waals surface area contributed by atoms with Crippen molar-refractivity contribution in [2.45, 2.75) is 37.6 Å². The Morgan fingerprint density at radius 1 is 1.00 bits per heavy atom. The molecule has 2 atom stereocenters. The van der Waals surface area contributed by atoms with Crippen molar-refractivity contribution in [3.05, 3.63) is 69.7 Å². The van der Waals surface area contributed by atoms with Gasteiger partial charge in [0.25, 0.3) is 5.91 Å². The van der Waals surface area contributed by atoms with Gasteiger partial charge in [-0.1, -0.05) is 30.4 Å². The Hall–Kier alpha value is -3.23. The molecule has 2 N–H and O–H groups in total. The van der Waals surface area contributed by atoms with Crippen LogP contribution < -0.4 is 15.4 Å². The standard InChI is InChI=1S/C23H18BrF9N2O3/c1-12(19(36)34-11-21(25,26)27)35-20(37)16-7-5-13(9-18(16)24)6-8-17(22(28,29)30)14-3-2-4-15(10-14)38-23(31,32)33/h2-10,12,17H,11H2,1H3,(H,34,36)(H,35,37). The average Bonchev–Trinajstić information content (AvgIpc) is 2.75. The number of halogens is 10. The van der Waals surface area contributed by atoms with Crippen molar-refractivity contribution in [1.29, 1.82) is 0 Å². The van der Waals surface area contributed by atoms with Crippen LogP contribution in [0.5, 0.6) is 5.75 Å². The molecule has 15 heteroatoms. The Kier molecular flexibility index (Phi) is 9.86. The molecule has 0 heterocycles. The van der Waals surface area contributed by atoms with Crippen LogP contribution in [-0.2, 0) is 4.79 Å². The van der Waals surface area contributed by atoms with E-state index in [0.29, 0.717) is 12.1 Å². The first kappa shape index (κ1) is 31.0. The smallest absolute Gasteiger partial charge is 0.406 e. The van der Waals surface area contributed by atoms with E-state index in [4.69, 9.17) is 0 Å². The van der Waals surface area contributed by atoms with Crippen LogP contribution in [-0.4, -0.2) is 43.1 Å². The van der Waals surface area contributed by atoms with Crippen molar-refractivity contribution in [3.8, 4) is 5.75 Å². The Morgan fingerprint density at radius 3 is 2.21 bits per heavy atom. The second-order valence-corrected chi connectivity index (χ2v) is 8.62. The minimum atomic E-state index is -5.09. The maximum atomic E-state index is 13.7. The van der Waals surface area contributed by atoms with Gasteiger partial charge in [0.05, 0.1) is 11.5 Å². The lowest BCUT2D eigenvalue weighted by atomic mass is 9.96. The van der Waals surface area contributed by atoms with E-state index in [0.717, 1.165) is 31.2 Å². The first-order chi connectivity index (χ1) is 17.4. The minimum Gasteiger partial charge on any atom is -0.406 e. The number of carbonyl (C=O) groups is 2. The molecular formula is C23H18BrF9N2O3. The van der Waals surface area contributed by atoms with Crippen LogP contribution in [0.1, 0.15) is 34.3 Å². The highest BCUT2D eigenvalue weighted by atomic mass is 79.9. The van der Waals surface area contributed by atoms with Gasteiger partial charge in [0.1, 0.15) is 18.3 Å². The topological polar surface area (TPSA) is 67.4 Å². The zero-order valence-electron chi connectivity index (χ0n) is 19.1. The van der Waals surface area contributed by atoms with E-state index in [2.05, 4.69) is 26.0 Å². The number of nitrogens with one attached hydrogen (secondary N) is 2. The molecule has 0 aromatic heterocycles. The van der Waals surface area contributed by atoms with Crippen molar-refractivity contribution in [3.63, 3.8) is 0 Å². The van der Waals surface area contributed by atoms with Gasteiger partial charge in [0.15, 0.2) is 0 Å². The number of carbonyl (C=O) groups excluding carboxylic acids is 2. The van der Waals surface area contributed by atoms with Crippen LogP contribution in [0.2, 0.25) is 0 Å². The fourth-order valence-corrected chi connectivity index (χ4v) is 3.60. The molecule has 2 unspecified atom stereocenters. The van der Waals surface area contributed by atoms with Gasteiger partial charge in [-0.15, -0.1) is 13.2 Å². The van der Waals surface area contributed by atoms with Gasteiger partial charge in [-0.25, -0.2) is 0 Å². The van der Waals surface area contributed by atoms with E-state index in [1.807, 2.05) is 0 Å². The monoisotopic (exact) mass is 620 g/mol. The summed E-state index contributed by atoms with van der Waals surface area (Å²) in [7, 11) is 0. The molecule has 5 nitrogen and oxygen atoms in total. The Labute approximate surface area is 218 Å². The largest absolute Gasteiger partial charge is 0.573 e. The molecule has 0 saturated heterocycles. The van der Waals surface area contributed by atoms with Gasteiger partial charge in [0, 0.05) is 4.47 Å². The second kappa shape index (κ2) is 12.1. The van der Waals surface area contributed by atoms with Crippen LogP contribution in [0.4, 0.5) is 39.5 Å². The molecule has 2 rings (SSSR count). The summed E-state index contributed by atoms with van der Waals surface area (Å²) < 4.78 is 119. The zero-order valence-corrected chi connectivity index (χ0v) is 20.6. The molecule has 0 aliphatic heterocycles. The first-order valence-corrected chi connectivity index (χ1v) is 11.2. The summed E-state index contributed by atoms with van der Waals surface area (Å²) >= 11 is 3.07. The Bertz CT molecular complexity index is 1180. The third kappa shape index (κ3) is 9.91. The minimum absolute atomic E-state index is 0.0676. The molecule has 2 amide bonds. The summed E-state index contributed by atoms with van der Waals surface area (Å²) in [5.41, 5.74) is -0.410. The second-order valence-electron chi connectivity index (χ2n) is 7.77. The van der Waals surface area contributed by atoms with Crippen LogP contribution in [0.3, 0.4) is 0 Å². The highest BCUT2D eigenvalue weighted by Crippen LogP contribution is 2.38. The molecule has 0 aliphatic rings. The lowest BCUT2D eigenvalue weighted by molar-refractivity contribution is -0.274. The quantitative estimate of drug-likeness (QED) is 0.331. The van der Waals surface area contributed by atoms with Crippen molar-refractivity contribution in [2.75, 3.05) is 6.54 Å². The molecule has 208 valence electrons. The van der Waals surface area contributed by atoms with E-state index < -0.39 is 60.3 Å². The van der Waals surface area contributed by atoms with Crippen LogP contribution in [0, 0.1) is 0 Å².